The molecule has 0 aromatic carbocycles. The number of fused-ring (bicyclic) bond motifs is 1. The standard InChI is InChI=1S/C8H6ClN3/c9-8-11-6-3-1-2-5(6)7(4-10)12-8/h1-3H2. The van der Waals surface area contributed by atoms with Gasteiger partial charge in [0, 0.05) is 11.3 Å². The van der Waals surface area contributed by atoms with E-state index in [9.17, 15) is 0 Å². The van der Waals surface area contributed by atoms with Gasteiger partial charge in [0.25, 0.3) is 0 Å². The SMILES string of the molecule is N#Cc1nc(Cl)nc2c1CCC2. The summed E-state index contributed by atoms with van der Waals surface area (Å²) in [6.45, 7) is 0. The topological polar surface area (TPSA) is 49.6 Å². The molecule has 0 atom stereocenters. The van der Waals surface area contributed by atoms with Crippen LogP contribution in [-0.4, -0.2) is 9.97 Å². The maximum absolute atomic E-state index is 8.73. The first-order valence-corrected chi connectivity index (χ1v) is 4.14. The quantitative estimate of drug-likeness (QED) is 0.567. The summed E-state index contributed by atoms with van der Waals surface area (Å²) >= 11 is 5.63. The molecule has 0 spiro atoms. The van der Waals surface area contributed by atoms with Crippen LogP contribution in [-0.2, 0) is 12.8 Å². The Morgan fingerprint density at radius 1 is 1.33 bits per heavy atom. The van der Waals surface area contributed by atoms with E-state index in [0.29, 0.717) is 5.69 Å². The molecule has 3 nitrogen and oxygen atoms in total. The lowest BCUT2D eigenvalue weighted by atomic mass is 10.2. The van der Waals surface area contributed by atoms with Crippen LogP contribution < -0.4 is 0 Å². The number of hydrogen-bond acceptors (Lipinski definition) is 3. The Hall–Kier alpha value is -1.14. The first-order valence-electron chi connectivity index (χ1n) is 3.76. The van der Waals surface area contributed by atoms with Crippen LogP contribution in [0.5, 0.6) is 0 Å². The Morgan fingerprint density at radius 2 is 2.17 bits per heavy atom. The van der Waals surface area contributed by atoms with Gasteiger partial charge in [-0.05, 0) is 30.9 Å². The van der Waals surface area contributed by atoms with E-state index >= 15 is 0 Å². The second-order valence-corrected chi connectivity index (χ2v) is 3.07. The molecule has 1 aromatic heterocycles. The van der Waals surface area contributed by atoms with Crippen LogP contribution in [0.4, 0.5) is 0 Å². The highest BCUT2D eigenvalue weighted by atomic mass is 35.5. The molecule has 0 amide bonds. The van der Waals surface area contributed by atoms with Crippen molar-refractivity contribution in [1.82, 2.24) is 9.97 Å². The minimum Gasteiger partial charge on any atom is -0.223 e. The summed E-state index contributed by atoms with van der Waals surface area (Å²) in [4.78, 5) is 7.92. The number of aromatic nitrogens is 2. The van der Waals surface area contributed by atoms with Crippen molar-refractivity contribution in [3.8, 4) is 6.07 Å². The van der Waals surface area contributed by atoms with E-state index < -0.39 is 0 Å². The molecule has 1 aliphatic carbocycles. The second kappa shape index (κ2) is 2.72. The van der Waals surface area contributed by atoms with Crippen molar-refractivity contribution in [2.45, 2.75) is 19.3 Å². The molecule has 4 heteroatoms. The van der Waals surface area contributed by atoms with E-state index in [1.165, 1.54) is 0 Å². The second-order valence-electron chi connectivity index (χ2n) is 2.73. The van der Waals surface area contributed by atoms with Crippen molar-refractivity contribution in [3.63, 3.8) is 0 Å². The van der Waals surface area contributed by atoms with E-state index in [1.54, 1.807) is 0 Å². The minimum absolute atomic E-state index is 0.187. The van der Waals surface area contributed by atoms with Gasteiger partial charge >= 0.3 is 0 Å². The Labute approximate surface area is 75.0 Å². The lowest BCUT2D eigenvalue weighted by molar-refractivity contribution is 0.899. The van der Waals surface area contributed by atoms with Crippen LogP contribution in [0.2, 0.25) is 5.28 Å². The third-order valence-electron chi connectivity index (χ3n) is 2.01. The molecule has 0 aliphatic heterocycles. The molecule has 1 aromatic rings. The molecule has 60 valence electrons. The minimum atomic E-state index is 0.187. The summed E-state index contributed by atoms with van der Waals surface area (Å²) in [6, 6.07) is 2.03. The fraction of sp³-hybridized carbons (Fsp3) is 0.375. The zero-order valence-corrected chi connectivity index (χ0v) is 7.10. The lowest BCUT2D eigenvalue weighted by Crippen LogP contribution is -1.97. The van der Waals surface area contributed by atoms with E-state index in [1.807, 2.05) is 6.07 Å². The van der Waals surface area contributed by atoms with E-state index in [2.05, 4.69) is 9.97 Å². The molecular formula is C8H6ClN3. The number of hydrogen-bond donors (Lipinski definition) is 0. The van der Waals surface area contributed by atoms with Crippen molar-refractivity contribution >= 4 is 11.6 Å². The number of halogens is 1. The van der Waals surface area contributed by atoms with Gasteiger partial charge < -0.3 is 0 Å². The van der Waals surface area contributed by atoms with Crippen molar-refractivity contribution in [2.24, 2.45) is 0 Å². The fourth-order valence-electron chi connectivity index (χ4n) is 1.49. The average molecular weight is 180 g/mol. The van der Waals surface area contributed by atoms with Gasteiger partial charge in [-0.3, -0.25) is 0 Å². The molecule has 1 aliphatic rings. The van der Waals surface area contributed by atoms with Crippen LogP contribution in [0.15, 0.2) is 0 Å². The highest BCUT2D eigenvalue weighted by molar-refractivity contribution is 6.28. The maximum Gasteiger partial charge on any atom is 0.223 e. The Morgan fingerprint density at radius 3 is 2.92 bits per heavy atom. The Balaban J connectivity index is 2.64. The van der Waals surface area contributed by atoms with Gasteiger partial charge in [-0.2, -0.15) is 5.26 Å². The number of rotatable bonds is 0. The third-order valence-corrected chi connectivity index (χ3v) is 2.18. The van der Waals surface area contributed by atoms with E-state index in [-0.39, 0.29) is 5.28 Å². The van der Waals surface area contributed by atoms with Crippen molar-refractivity contribution < 1.29 is 0 Å². The predicted molar refractivity (Wildman–Crippen MR) is 43.8 cm³/mol. The van der Waals surface area contributed by atoms with Crippen LogP contribution in [0.25, 0.3) is 0 Å². The smallest absolute Gasteiger partial charge is 0.223 e. The average Bonchev–Trinajstić information content (AvgIpc) is 2.50. The predicted octanol–water partition coefficient (Wildman–Crippen LogP) is 1.49. The number of aryl methyl sites for hydroxylation is 1. The maximum atomic E-state index is 8.73. The van der Waals surface area contributed by atoms with Crippen molar-refractivity contribution in [1.29, 1.82) is 5.26 Å². The van der Waals surface area contributed by atoms with Crippen LogP contribution in [0, 0.1) is 11.3 Å². The zero-order chi connectivity index (χ0) is 8.55. The summed E-state index contributed by atoms with van der Waals surface area (Å²) < 4.78 is 0. The van der Waals surface area contributed by atoms with Gasteiger partial charge in [0.15, 0.2) is 0 Å². The van der Waals surface area contributed by atoms with Gasteiger partial charge in [-0.25, -0.2) is 9.97 Å². The van der Waals surface area contributed by atoms with Gasteiger partial charge in [-0.15, -0.1) is 0 Å². The molecule has 1 heterocycles. The van der Waals surface area contributed by atoms with Crippen LogP contribution >= 0.6 is 11.6 Å². The number of nitrogens with zero attached hydrogens (tertiary/aromatic N) is 3. The van der Waals surface area contributed by atoms with Crippen LogP contribution in [0.1, 0.15) is 23.4 Å². The van der Waals surface area contributed by atoms with Gasteiger partial charge in [-0.1, -0.05) is 0 Å². The van der Waals surface area contributed by atoms with Gasteiger partial charge in [0.1, 0.15) is 11.8 Å². The number of nitriles is 1. The molecule has 0 N–H and O–H groups in total. The summed E-state index contributed by atoms with van der Waals surface area (Å²) in [6.07, 6.45) is 2.89. The Bertz CT molecular complexity index is 367. The zero-order valence-electron chi connectivity index (χ0n) is 6.34. The van der Waals surface area contributed by atoms with Crippen molar-refractivity contribution in [3.05, 3.63) is 22.2 Å². The molecule has 0 saturated carbocycles. The molecular weight excluding hydrogens is 174 g/mol. The van der Waals surface area contributed by atoms with E-state index in [0.717, 1.165) is 30.5 Å². The van der Waals surface area contributed by atoms with Crippen molar-refractivity contribution in [2.75, 3.05) is 0 Å². The largest absolute Gasteiger partial charge is 0.223 e. The Kier molecular flexibility index (Phi) is 1.70. The summed E-state index contributed by atoms with van der Waals surface area (Å²) in [7, 11) is 0. The first kappa shape index (κ1) is 7.51. The highest BCUT2D eigenvalue weighted by Gasteiger charge is 2.18. The molecule has 0 radical (unpaired) electrons. The normalized spacial score (nSPS) is 14.0. The van der Waals surface area contributed by atoms with Crippen LogP contribution in [0.3, 0.4) is 0 Å². The molecule has 0 saturated heterocycles. The monoisotopic (exact) mass is 179 g/mol. The first-order chi connectivity index (χ1) is 5.81. The summed E-state index contributed by atoms with van der Waals surface area (Å²) in [5.74, 6) is 0. The molecule has 0 unspecified atom stereocenters. The lowest BCUT2D eigenvalue weighted by Gasteiger charge is -1.99. The highest BCUT2D eigenvalue weighted by Crippen LogP contribution is 2.23. The summed E-state index contributed by atoms with van der Waals surface area (Å²) in [5.41, 5.74) is 2.39. The molecule has 0 fully saturated rings. The van der Waals surface area contributed by atoms with Gasteiger partial charge in [0.2, 0.25) is 5.28 Å². The molecule has 0 bridgehead atoms. The van der Waals surface area contributed by atoms with E-state index in [4.69, 9.17) is 16.9 Å². The summed E-state index contributed by atoms with van der Waals surface area (Å²) in [5, 5.41) is 8.91. The third kappa shape index (κ3) is 1.05. The molecule has 2 rings (SSSR count). The fourth-order valence-corrected chi connectivity index (χ4v) is 1.68. The van der Waals surface area contributed by atoms with Gasteiger partial charge in [0.05, 0.1) is 0 Å². The molecule has 12 heavy (non-hydrogen) atoms.